The molecule has 2 nitrogen and oxygen atoms in total. The molecule has 2 fully saturated rings. The van der Waals surface area contributed by atoms with Gasteiger partial charge in [0, 0.05) is 18.1 Å². The smallest absolute Gasteiger partial charge is 0.0277 e. The Labute approximate surface area is 94.4 Å². The van der Waals surface area contributed by atoms with Crippen molar-refractivity contribution in [2.24, 2.45) is 5.92 Å². The molecule has 0 aromatic heterocycles. The zero-order valence-electron chi connectivity index (χ0n) is 10.6. The summed E-state index contributed by atoms with van der Waals surface area (Å²) in [5, 5.41) is 3.71. The fourth-order valence-corrected chi connectivity index (χ4v) is 2.89. The second-order valence-electron chi connectivity index (χ2n) is 5.64. The van der Waals surface area contributed by atoms with Crippen LogP contribution in [0.4, 0.5) is 0 Å². The third-order valence-electron chi connectivity index (χ3n) is 4.38. The van der Waals surface area contributed by atoms with E-state index in [1.54, 1.807) is 0 Å². The van der Waals surface area contributed by atoms with E-state index in [0.717, 1.165) is 12.0 Å². The minimum absolute atomic E-state index is 0.359. The van der Waals surface area contributed by atoms with Gasteiger partial charge in [0.05, 0.1) is 0 Å². The van der Waals surface area contributed by atoms with E-state index in [0.29, 0.717) is 5.54 Å². The number of hydrogen-bond acceptors (Lipinski definition) is 2. The highest BCUT2D eigenvalue weighted by molar-refractivity contribution is 4.98. The first-order chi connectivity index (χ1) is 7.18. The van der Waals surface area contributed by atoms with Gasteiger partial charge in [0.1, 0.15) is 0 Å². The monoisotopic (exact) mass is 210 g/mol. The number of nitrogens with zero attached hydrogens (tertiary/aromatic N) is 1. The van der Waals surface area contributed by atoms with Gasteiger partial charge in [-0.1, -0.05) is 20.3 Å². The van der Waals surface area contributed by atoms with E-state index < -0.39 is 0 Å². The Bertz CT molecular complexity index is 217. The Morgan fingerprint density at radius 1 is 1.40 bits per heavy atom. The molecule has 3 atom stereocenters. The lowest BCUT2D eigenvalue weighted by atomic mass is 9.98. The van der Waals surface area contributed by atoms with Crippen molar-refractivity contribution in [2.75, 3.05) is 19.6 Å². The molecule has 2 heteroatoms. The lowest BCUT2D eigenvalue weighted by molar-refractivity contribution is 0.199. The Kier molecular flexibility index (Phi) is 3.36. The molecular formula is C13H26N2. The van der Waals surface area contributed by atoms with E-state index in [1.807, 2.05) is 0 Å². The number of hydrogen-bond donors (Lipinski definition) is 1. The van der Waals surface area contributed by atoms with Gasteiger partial charge < -0.3 is 5.32 Å². The standard InChI is InChI=1S/C13H26N2/c1-4-11-9-12(11)15-8-6-7-14-13(3,5-2)10-15/h11-12,14H,4-10H2,1-3H3. The first-order valence-corrected chi connectivity index (χ1v) is 6.67. The average molecular weight is 210 g/mol. The van der Waals surface area contributed by atoms with E-state index in [2.05, 4.69) is 31.0 Å². The van der Waals surface area contributed by atoms with Gasteiger partial charge in [-0.25, -0.2) is 0 Å². The van der Waals surface area contributed by atoms with Crippen LogP contribution in [0.2, 0.25) is 0 Å². The highest BCUT2D eigenvalue weighted by atomic mass is 15.2. The van der Waals surface area contributed by atoms with E-state index in [4.69, 9.17) is 0 Å². The van der Waals surface area contributed by atoms with Crippen molar-refractivity contribution in [1.82, 2.24) is 10.2 Å². The van der Waals surface area contributed by atoms with Crippen molar-refractivity contribution >= 4 is 0 Å². The Hall–Kier alpha value is -0.0800. The summed E-state index contributed by atoms with van der Waals surface area (Å²) in [5.74, 6) is 1.00. The summed E-state index contributed by atoms with van der Waals surface area (Å²) in [6.45, 7) is 10.8. The summed E-state index contributed by atoms with van der Waals surface area (Å²) >= 11 is 0. The quantitative estimate of drug-likeness (QED) is 0.768. The molecule has 0 radical (unpaired) electrons. The molecule has 1 heterocycles. The topological polar surface area (TPSA) is 15.3 Å². The largest absolute Gasteiger partial charge is 0.310 e. The summed E-state index contributed by atoms with van der Waals surface area (Å²) in [6, 6.07) is 0.917. The van der Waals surface area contributed by atoms with Crippen LogP contribution >= 0.6 is 0 Å². The van der Waals surface area contributed by atoms with Crippen LogP contribution in [-0.2, 0) is 0 Å². The van der Waals surface area contributed by atoms with Crippen molar-refractivity contribution in [3.63, 3.8) is 0 Å². The van der Waals surface area contributed by atoms with Gasteiger partial charge in [0.2, 0.25) is 0 Å². The van der Waals surface area contributed by atoms with Gasteiger partial charge in [-0.05, 0) is 45.2 Å². The van der Waals surface area contributed by atoms with Gasteiger partial charge in [0.25, 0.3) is 0 Å². The number of rotatable bonds is 3. The van der Waals surface area contributed by atoms with Crippen molar-refractivity contribution in [3.05, 3.63) is 0 Å². The zero-order chi connectivity index (χ0) is 10.9. The molecule has 1 aliphatic heterocycles. The Morgan fingerprint density at radius 2 is 2.20 bits per heavy atom. The van der Waals surface area contributed by atoms with Crippen molar-refractivity contribution < 1.29 is 0 Å². The minimum Gasteiger partial charge on any atom is -0.310 e. The maximum Gasteiger partial charge on any atom is 0.0277 e. The molecule has 3 unspecified atom stereocenters. The lowest BCUT2D eigenvalue weighted by Gasteiger charge is -2.33. The normalized spacial score (nSPS) is 42.6. The van der Waals surface area contributed by atoms with Gasteiger partial charge in [-0.3, -0.25) is 4.90 Å². The van der Waals surface area contributed by atoms with Gasteiger partial charge >= 0.3 is 0 Å². The Balaban J connectivity index is 1.94. The van der Waals surface area contributed by atoms with Crippen LogP contribution in [0.5, 0.6) is 0 Å². The SMILES string of the molecule is CCC1CC1N1CCCNC(C)(CC)C1. The summed E-state index contributed by atoms with van der Waals surface area (Å²) in [7, 11) is 0. The summed E-state index contributed by atoms with van der Waals surface area (Å²) in [6.07, 6.45) is 5.39. The molecule has 0 amide bonds. The maximum atomic E-state index is 3.71. The van der Waals surface area contributed by atoms with Crippen molar-refractivity contribution in [2.45, 2.75) is 58.0 Å². The zero-order valence-corrected chi connectivity index (χ0v) is 10.6. The fraction of sp³-hybridized carbons (Fsp3) is 1.00. The predicted octanol–water partition coefficient (Wildman–Crippen LogP) is 2.25. The molecule has 2 aliphatic rings. The molecule has 1 N–H and O–H groups in total. The third kappa shape index (κ3) is 2.54. The highest BCUT2D eigenvalue weighted by Crippen LogP contribution is 2.39. The molecule has 15 heavy (non-hydrogen) atoms. The molecule has 0 aromatic rings. The van der Waals surface area contributed by atoms with Crippen LogP contribution in [0.15, 0.2) is 0 Å². The van der Waals surface area contributed by atoms with E-state index >= 15 is 0 Å². The van der Waals surface area contributed by atoms with Gasteiger partial charge in [0.15, 0.2) is 0 Å². The van der Waals surface area contributed by atoms with E-state index in [9.17, 15) is 0 Å². The predicted molar refractivity (Wildman–Crippen MR) is 65.1 cm³/mol. The average Bonchev–Trinajstić information content (AvgIpc) is 3.01. The van der Waals surface area contributed by atoms with Crippen LogP contribution in [0, 0.1) is 5.92 Å². The molecule has 1 saturated carbocycles. The fourth-order valence-electron chi connectivity index (χ4n) is 2.89. The molecule has 0 bridgehead atoms. The van der Waals surface area contributed by atoms with Gasteiger partial charge in [-0.2, -0.15) is 0 Å². The van der Waals surface area contributed by atoms with E-state index in [1.165, 1.54) is 45.3 Å². The Morgan fingerprint density at radius 3 is 2.80 bits per heavy atom. The number of nitrogens with one attached hydrogen (secondary N) is 1. The van der Waals surface area contributed by atoms with Crippen molar-refractivity contribution in [3.8, 4) is 0 Å². The third-order valence-corrected chi connectivity index (χ3v) is 4.38. The van der Waals surface area contributed by atoms with Crippen LogP contribution in [0.25, 0.3) is 0 Å². The van der Waals surface area contributed by atoms with Crippen LogP contribution in [-0.4, -0.2) is 36.1 Å². The summed E-state index contributed by atoms with van der Waals surface area (Å²) in [4.78, 5) is 2.75. The van der Waals surface area contributed by atoms with Crippen molar-refractivity contribution in [1.29, 1.82) is 0 Å². The first-order valence-electron chi connectivity index (χ1n) is 6.67. The molecule has 2 rings (SSSR count). The second-order valence-corrected chi connectivity index (χ2v) is 5.64. The lowest BCUT2D eigenvalue weighted by Crippen LogP contribution is -2.49. The summed E-state index contributed by atoms with van der Waals surface area (Å²) in [5.41, 5.74) is 0.359. The van der Waals surface area contributed by atoms with Crippen LogP contribution in [0.3, 0.4) is 0 Å². The molecular weight excluding hydrogens is 184 g/mol. The highest BCUT2D eigenvalue weighted by Gasteiger charge is 2.42. The van der Waals surface area contributed by atoms with Crippen LogP contribution in [0.1, 0.15) is 46.5 Å². The van der Waals surface area contributed by atoms with Gasteiger partial charge in [-0.15, -0.1) is 0 Å². The molecule has 1 saturated heterocycles. The molecule has 0 aromatic carbocycles. The van der Waals surface area contributed by atoms with Crippen LogP contribution < -0.4 is 5.32 Å². The first kappa shape index (κ1) is 11.4. The maximum absolute atomic E-state index is 3.71. The van der Waals surface area contributed by atoms with E-state index in [-0.39, 0.29) is 0 Å². The minimum atomic E-state index is 0.359. The molecule has 1 aliphatic carbocycles. The molecule has 0 spiro atoms. The second kappa shape index (κ2) is 4.42. The summed E-state index contributed by atoms with van der Waals surface area (Å²) < 4.78 is 0. The molecule has 88 valence electrons.